The van der Waals surface area contributed by atoms with Crippen LogP contribution >= 0.6 is 0 Å². The van der Waals surface area contributed by atoms with Gasteiger partial charge in [0.25, 0.3) is 0 Å². The van der Waals surface area contributed by atoms with E-state index in [4.69, 9.17) is 0 Å². The molecule has 28 heavy (non-hydrogen) atoms. The average molecular weight is 378 g/mol. The molecule has 0 saturated carbocycles. The summed E-state index contributed by atoms with van der Waals surface area (Å²) in [7, 11) is 0. The van der Waals surface area contributed by atoms with E-state index in [1.165, 1.54) is 11.9 Å². The second-order valence-corrected chi connectivity index (χ2v) is 6.61. The van der Waals surface area contributed by atoms with E-state index < -0.39 is 0 Å². The number of carbonyl (C=O) groups is 1. The number of rotatable bonds is 5. The number of pyridine rings is 2. The predicted molar refractivity (Wildman–Crippen MR) is 102 cm³/mol. The maximum absolute atomic E-state index is 12.6. The van der Waals surface area contributed by atoms with E-state index in [-0.39, 0.29) is 6.03 Å². The highest BCUT2D eigenvalue weighted by atomic mass is 16.2. The highest BCUT2D eigenvalue weighted by Gasteiger charge is 2.21. The van der Waals surface area contributed by atoms with Crippen molar-refractivity contribution in [2.75, 3.05) is 26.2 Å². The lowest BCUT2D eigenvalue weighted by atomic mass is 10.2. The van der Waals surface area contributed by atoms with E-state index in [2.05, 4.69) is 36.3 Å². The van der Waals surface area contributed by atoms with Crippen LogP contribution in [0.2, 0.25) is 0 Å². The number of piperazine rings is 1. The van der Waals surface area contributed by atoms with Crippen molar-refractivity contribution >= 4 is 6.03 Å². The Bertz CT molecular complexity index is 891. The van der Waals surface area contributed by atoms with Gasteiger partial charge < -0.3 is 10.2 Å². The Balaban J connectivity index is 1.29. The van der Waals surface area contributed by atoms with Gasteiger partial charge in [-0.15, -0.1) is 0 Å². The Morgan fingerprint density at radius 3 is 2.68 bits per heavy atom. The van der Waals surface area contributed by atoms with Gasteiger partial charge >= 0.3 is 6.03 Å². The van der Waals surface area contributed by atoms with Crippen molar-refractivity contribution in [3.8, 4) is 5.82 Å². The van der Waals surface area contributed by atoms with Gasteiger partial charge in [0.1, 0.15) is 12.7 Å². The van der Waals surface area contributed by atoms with Crippen LogP contribution in [-0.2, 0) is 13.1 Å². The minimum atomic E-state index is -0.0607. The average Bonchev–Trinajstić information content (AvgIpc) is 3.28. The number of urea groups is 1. The van der Waals surface area contributed by atoms with Crippen LogP contribution in [0.25, 0.3) is 5.82 Å². The van der Waals surface area contributed by atoms with Crippen LogP contribution in [-0.4, -0.2) is 66.7 Å². The molecule has 3 aromatic heterocycles. The molecule has 0 unspecified atom stereocenters. The SMILES string of the molecule is O=C(NCc1cccnc1-n1cncn1)N1CCN(Cc2cccnc2)CC1. The van der Waals surface area contributed by atoms with E-state index >= 15 is 0 Å². The molecule has 2 amide bonds. The van der Waals surface area contributed by atoms with Gasteiger partial charge in [0.15, 0.2) is 5.82 Å². The molecule has 9 heteroatoms. The Morgan fingerprint density at radius 1 is 1.07 bits per heavy atom. The summed E-state index contributed by atoms with van der Waals surface area (Å²) < 4.78 is 1.60. The fourth-order valence-corrected chi connectivity index (χ4v) is 3.23. The molecule has 0 atom stereocenters. The van der Waals surface area contributed by atoms with Crippen LogP contribution in [0.5, 0.6) is 0 Å². The summed E-state index contributed by atoms with van der Waals surface area (Å²) in [6, 6.07) is 7.74. The van der Waals surface area contributed by atoms with Gasteiger partial charge in [-0.05, 0) is 17.7 Å². The molecule has 1 aliphatic rings. The Hall–Kier alpha value is -3.33. The summed E-state index contributed by atoms with van der Waals surface area (Å²) in [6.45, 7) is 4.35. The molecule has 3 aromatic rings. The highest BCUT2D eigenvalue weighted by molar-refractivity contribution is 5.74. The van der Waals surface area contributed by atoms with E-state index in [0.29, 0.717) is 25.5 Å². The second kappa shape index (κ2) is 8.57. The summed E-state index contributed by atoms with van der Waals surface area (Å²) in [5, 5.41) is 7.11. The third-order valence-electron chi connectivity index (χ3n) is 4.72. The number of hydrogen-bond acceptors (Lipinski definition) is 6. The molecule has 4 heterocycles. The van der Waals surface area contributed by atoms with Crippen LogP contribution in [0.15, 0.2) is 55.5 Å². The Labute approximate surface area is 163 Å². The maximum Gasteiger partial charge on any atom is 0.317 e. The third-order valence-corrected chi connectivity index (χ3v) is 4.72. The van der Waals surface area contributed by atoms with Gasteiger partial charge in [-0.25, -0.2) is 19.4 Å². The molecule has 1 N–H and O–H groups in total. The lowest BCUT2D eigenvalue weighted by Crippen LogP contribution is -2.51. The third kappa shape index (κ3) is 4.32. The van der Waals surface area contributed by atoms with Crippen LogP contribution in [0.1, 0.15) is 11.1 Å². The summed E-state index contributed by atoms with van der Waals surface area (Å²) >= 11 is 0. The van der Waals surface area contributed by atoms with E-state index in [1.54, 1.807) is 23.4 Å². The van der Waals surface area contributed by atoms with Crippen LogP contribution in [0.4, 0.5) is 4.79 Å². The molecule has 0 aromatic carbocycles. The van der Waals surface area contributed by atoms with Gasteiger partial charge in [0, 0.05) is 63.4 Å². The monoisotopic (exact) mass is 378 g/mol. The maximum atomic E-state index is 12.6. The molecule has 4 rings (SSSR count). The van der Waals surface area contributed by atoms with Crippen molar-refractivity contribution in [1.29, 1.82) is 0 Å². The van der Waals surface area contributed by atoms with Gasteiger partial charge in [0.05, 0.1) is 0 Å². The van der Waals surface area contributed by atoms with Crippen molar-refractivity contribution in [2.24, 2.45) is 0 Å². The summed E-state index contributed by atoms with van der Waals surface area (Å²) in [4.78, 5) is 29.2. The minimum Gasteiger partial charge on any atom is -0.334 e. The number of carbonyl (C=O) groups excluding carboxylic acids is 1. The molecule has 1 saturated heterocycles. The Morgan fingerprint density at radius 2 is 1.93 bits per heavy atom. The number of nitrogens with zero attached hydrogens (tertiary/aromatic N) is 7. The molecule has 1 fully saturated rings. The molecule has 0 spiro atoms. The van der Waals surface area contributed by atoms with Gasteiger partial charge in [0.2, 0.25) is 0 Å². The summed E-state index contributed by atoms with van der Waals surface area (Å²) in [6.07, 6.45) is 8.42. The number of aromatic nitrogens is 5. The number of amides is 2. The second-order valence-electron chi connectivity index (χ2n) is 6.61. The molecular weight excluding hydrogens is 356 g/mol. The fourth-order valence-electron chi connectivity index (χ4n) is 3.23. The Kier molecular flexibility index (Phi) is 5.53. The first-order valence-corrected chi connectivity index (χ1v) is 9.22. The first-order chi connectivity index (χ1) is 13.8. The largest absolute Gasteiger partial charge is 0.334 e. The van der Waals surface area contributed by atoms with Crippen LogP contribution in [0, 0.1) is 0 Å². The summed E-state index contributed by atoms with van der Waals surface area (Å²) in [5.41, 5.74) is 2.08. The van der Waals surface area contributed by atoms with Crippen LogP contribution < -0.4 is 5.32 Å². The van der Waals surface area contributed by atoms with Crippen molar-refractivity contribution in [3.05, 3.63) is 66.6 Å². The first-order valence-electron chi connectivity index (χ1n) is 9.22. The lowest BCUT2D eigenvalue weighted by Gasteiger charge is -2.34. The lowest BCUT2D eigenvalue weighted by molar-refractivity contribution is 0.135. The zero-order chi connectivity index (χ0) is 19.2. The van der Waals surface area contributed by atoms with E-state index in [1.807, 2.05) is 29.3 Å². The van der Waals surface area contributed by atoms with Gasteiger partial charge in [-0.3, -0.25) is 9.88 Å². The zero-order valence-corrected chi connectivity index (χ0v) is 15.5. The standard InChI is InChI=1S/C19H22N8O/c28-19(23-12-17-4-2-6-22-18(17)27-15-21-14-24-27)26-9-7-25(8-10-26)13-16-3-1-5-20-11-16/h1-6,11,14-15H,7-10,12-13H2,(H,23,28). The zero-order valence-electron chi connectivity index (χ0n) is 15.5. The number of nitrogens with one attached hydrogen (secondary N) is 1. The fraction of sp³-hybridized carbons (Fsp3) is 0.316. The normalized spacial score (nSPS) is 14.8. The van der Waals surface area contributed by atoms with Crippen molar-refractivity contribution in [2.45, 2.75) is 13.1 Å². The summed E-state index contributed by atoms with van der Waals surface area (Å²) in [5.74, 6) is 0.668. The molecule has 9 nitrogen and oxygen atoms in total. The molecule has 0 bridgehead atoms. The topological polar surface area (TPSA) is 92.1 Å². The molecule has 1 aliphatic heterocycles. The van der Waals surface area contributed by atoms with Gasteiger partial charge in [-0.1, -0.05) is 12.1 Å². The highest BCUT2D eigenvalue weighted by Crippen LogP contribution is 2.11. The quantitative estimate of drug-likeness (QED) is 0.714. The minimum absolute atomic E-state index is 0.0607. The van der Waals surface area contributed by atoms with E-state index in [9.17, 15) is 4.79 Å². The molecule has 0 radical (unpaired) electrons. The molecular formula is C19H22N8O. The molecule has 144 valence electrons. The molecule has 0 aliphatic carbocycles. The smallest absolute Gasteiger partial charge is 0.317 e. The predicted octanol–water partition coefficient (Wildman–Crippen LogP) is 1.08. The van der Waals surface area contributed by atoms with Gasteiger partial charge in [-0.2, -0.15) is 5.10 Å². The van der Waals surface area contributed by atoms with Crippen molar-refractivity contribution in [1.82, 2.24) is 39.8 Å². The van der Waals surface area contributed by atoms with Crippen molar-refractivity contribution in [3.63, 3.8) is 0 Å². The first kappa shape index (κ1) is 18.1. The van der Waals surface area contributed by atoms with E-state index in [0.717, 1.165) is 25.2 Å². The number of hydrogen-bond donors (Lipinski definition) is 1. The van der Waals surface area contributed by atoms with Crippen molar-refractivity contribution < 1.29 is 4.79 Å². The van der Waals surface area contributed by atoms with Crippen LogP contribution in [0.3, 0.4) is 0 Å².